The molecule has 146 valence electrons. The van der Waals surface area contributed by atoms with Gasteiger partial charge in [-0.15, -0.1) is 0 Å². The van der Waals surface area contributed by atoms with Crippen LogP contribution in [0.5, 0.6) is 0 Å². The summed E-state index contributed by atoms with van der Waals surface area (Å²) in [6.45, 7) is 14.3. The van der Waals surface area contributed by atoms with Crippen LogP contribution in [0, 0.1) is 0 Å². The molecule has 0 aromatic heterocycles. The molecule has 0 bridgehead atoms. The monoisotopic (exact) mass is 360 g/mol. The Balaban J connectivity index is 0.00000301. The smallest absolute Gasteiger partial charge is 0.115 e. The summed E-state index contributed by atoms with van der Waals surface area (Å²) in [7, 11) is 1.71. The summed E-state index contributed by atoms with van der Waals surface area (Å²) in [5.41, 5.74) is 8.47. The van der Waals surface area contributed by atoms with E-state index >= 15 is 0 Å². The molecular weight excluding hydrogens is 324 g/mol. The molecule has 0 fully saturated rings. The summed E-state index contributed by atoms with van der Waals surface area (Å²) in [6.07, 6.45) is 5.69. The second-order valence-corrected chi connectivity index (χ2v) is 5.63. The topological polar surface area (TPSA) is 47.7 Å². The molecule has 0 aliphatic heterocycles. The molecule has 0 heterocycles. The Morgan fingerprint density at radius 3 is 2.46 bits per heavy atom. The number of rotatable bonds is 11. The molecule has 0 aliphatic carbocycles. The van der Waals surface area contributed by atoms with Crippen LogP contribution in [0.3, 0.4) is 0 Å². The molecule has 0 spiro atoms. The maximum Gasteiger partial charge on any atom is 0.115 e. The van der Waals surface area contributed by atoms with E-state index in [4.69, 9.17) is 15.2 Å². The minimum Gasteiger partial charge on any atom is -0.492 e. The first-order chi connectivity index (χ1) is 12.6. The fraction of sp³-hybridized carbons (Fsp3) is 0.455. The first kappa shape index (κ1) is 24.0. The van der Waals surface area contributed by atoms with Crippen LogP contribution in [0.15, 0.2) is 66.5 Å². The van der Waals surface area contributed by atoms with Gasteiger partial charge in [-0.2, -0.15) is 0 Å². The van der Waals surface area contributed by atoms with E-state index in [0.717, 1.165) is 23.6 Å². The van der Waals surface area contributed by atoms with E-state index in [1.54, 1.807) is 13.2 Å². The molecule has 0 saturated heterocycles. The maximum absolute atomic E-state index is 6.27. The van der Waals surface area contributed by atoms with Crippen LogP contribution in [0.4, 0.5) is 5.69 Å². The number of nitrogens with zero attached hydrogens (tertiary/aromatic N) is 1. The van der Waals surface area contributed by atoms with Crippen molar-refractivity contribution in [1.29, 1.82) is 0 Å². The maximum atomic E-state index is 6.27. The van der Waals surface area contributed by atoms with Crippen LogP contribution >= 0.6 is 0 Å². The van der Waals surface area contributed by atoms with E-state index in [2.05, 4.69) is 23.6 Å². The molecule has 1 aromatic rings. The van der Waals surface area contributed by atoms with Crippen LogP contribution < -0.4 is 10.6 Å². The van der Waals surface area contributed by atoms with Gasteiger partial charge in [0.1, 0.15) is 12.4 Å². The number of allylic oxidation sites excluding steroid dienone is 4. The summed E-state index contributed by atoms with van der Waals surface area (Å²) >= 11 is 0. The number of para-hydroxylation sites is 1. The Morgan fingerprint density at radius 1 is 1.27 bits per heavy atom. The van der Waals surface area contributed by atoms with Crippen molar-refractivity contribution in [2.75, 3.05) is 38.3 Å². The molecule has 1 atom stereocenters. The standard InChI is InChI=1S/C20H30N2O2.C2H6/c1-5-17(3)14-20(6-2)24-16-18(21)15-22(12-13-23-4)19-10-8-7-9-11-19;1-2/h5-11,14,18H,1,12-13,15-16,21H2,2-4H3;1-2H3/b17-14-,20-6+;. The molecule has 0 saturated carbocycles. The summed E-state index contributed by atoms with van der Waals surface area (Å²) in [5, 5.41) is 0. The quantitative estimate of drug-likeness (QED) is 0.465. The third-order valence-corrected chi connectivity index (χ3v) is 3.58. The van der Waals surface area contributed by atoms with Crippen molar-refractivity contribution in [3.8, 4) is 0 Å². The van der Waals surface area contributed by atoms with E-state index in [1.807, 2.05) is 58.0 Å². The third-order valence-electron chi connectivity index (χ3n) is 3.58. The van der Waals surface area contributed by atoms with Gasteiger partial charge in [0.15, 0.2) is 0 Å². The van der Waals surface area contributed by atoms with Gasteiger partial charge < -0.3 is 20.1 Å². The number of anilines is 1. The van der Waals surface area contributed by atoms with Gasteiger partial charge in [0.25, 0.3) is 0 Å². The molecule has 4 heteroatoms. The summed E-state index contributed by atoms with van der Waals surface area (Å²) in [4.78, 5) is 2.22. The number of methoxy groups -OCH3 is 1. The normalized spacial score (nSPS) is 12.7. The minimum absolute atomic E-state index is 0.102. The highest BCUT2D eigenvalue weighted by Gasteiger charge is 2.12. The predicted octanol–water partition coefficient (Wildman–Crippen LogP) is 4.55. The molecule has 2 N–H and O–H groups in total. The number of nitrogens with two attached hydrogens (primary N) is 1. The van der Waals surface area contributed by atoms with Crippen LogP contribution in [0.1, 0.15) is 27.7 Å². The molecule has 4 nitrogen and oxygen atoms in total. The highest BCUT2D eigenvalue weighted by molar-refractivity contribution is 5.46. The van der Waals surface area contributed by atoms with Crippen molar-refractivity contribution in [1.82, 2.24) is 0 Å². The number of ether oxygens (including phenoxy) is 2. The van der Waals surface area contributed by atoms with Gasteiger partial charge in [-0.3, -0.25) is 0 Å². The second-order valence-electron chi connectivity index (χ2n) is 5.63. The SMILES string of the molecule is C=C/C(C)=C\C(=C/C)OCC(N)CN(CCOC)c1ccccc1.CC. The van der Waals surface area contributed by atoms with Crippen LogP contribution in [0.25, 0.3) is 0 Å². The van der Waals surface area contributed by atoms with E-state index in [1.165, 1.54) is 0 Å². The zero-order chi connectivity index (χ0) is 19.8. The Hall–Kier alpha value is -2.04. The van der Waals surface area contributed by atoms with E-state index in [-0.39, 0.29) is 6.04 Å². The van der Waals surface area contributed by atoms with Crippen molar-refractivity contribution < 1.29 is 9.47 Å². The van der Waals surface area contributed by atoms with Gasteiger partial charge in [0.2, 0.25) is 0 Å². The number of hydrogen-bond donors (Lipinski definition) is 1. The zero-order valence-corrected chi connectivity index (χ0v) is 17.1. The van der Waals surface area contributed by atoms with Crippen molar-refractivity contribution in [3.05, 3.63) is 66.5 Å². The molecule has 0 amide bonds. The lowest BCUT2D eigenvalue weighted by Crippen LogP contribution is -2.41. The first-order valence-electron chi connectivity index (χ1n) is 9.25. The number of hydrogen-bond acceptors (Lipinski definition) is 4. The Morgan fingerprint density at radius 2 is 1.92 bits per heavy atom. The predicted molar refractivity (Wildman–Crippen MR) is 114 cm³/mol. The second kappa shape index (κ2) is 15.2. The average Bonchev–Trinajstić information content (AvgIpc) is 2.70. The highest BCUT2D eigenvalue weighted by Crippen LogP contribution is 2.13. The molecule has 0 radical (unpaired) electrons. The van der Waals surface area contributed by atoms with Crippen molar-refractivity contribution >= 4 is 5.69 Å². The molecule has 1 aromatic carbocycles. The number of benzene rings is 1. The lowest BCUT2D eigenvalue weighted by Gasteiger charge is -2.27. The molecule has 1 unspecified atom stereocenters. The van der Waals surface area contributed by atoms with Crippen molar-refractivity contribution in [2.24, 2.45) is 5.73 Å². The Kier molecular flexibility index (Phi) is 14.0. The molecule has 0 aliphatic rings. The summed E-state index contributed by atoms with van der Waals surface area (Å²) < 4.78 is 11.0. The van der Waals surface area contributed by atoms with E-state index in [9.17, 15) is 0 Å². The van der Waals surface area contributed by atoms with Gasteiger partial charge in [-0.1, -0.05) is 44.7 Å². The largest absolute Gasteiger partial charge is 0.492 e. The van der Waals surface area contributed by atoms with Gasteiger partial charge in [-0.25, -0.2) is 0 Å². The fourth-order valence-electron chi connectivity index (χ4n) is 2.20. The minimum atomic E-state index is -0.102. The highest BCUT2D eigenvalue weighted by atomic mass is 16.5. The van der Waals surface area contributed by atoms with Gasteiger partial charge in [0.05, 0.1) is 12.6 Å². The third kappa shape index (κ3) is 10.1. The van der Waals surface area contributed by atoms with Crippen LogP contribution in [-0.4, -0.2) is 39.5 Å². The molecule has 1 rings (SSSR count). The van der Waals surface area contributed by atoms with E-state index < -0.39 is 0 Å². The first-order valence-corrected chi connectivity index (χ1v) is 9.25. The Bertz CT molecular complexity index is 538. The van der Waals surface area contributed by atoms with Crippen LogP contribution in [0.2, 0.25) is 0 Å². The van der Waals surface area contributed by atoms with Crippen molar-refractivity contribution in [2.45, 2.75) is 33.7 Å². The van der Waals surface area contributed by atoms with E-state index in [0.29, 0.717) is 19.8 Å². The van der Waals surface area contributed by atoms with Gasteiger partial charge in [-0.05, 0) is 43.7 Å². The van der Waals surface area contributed by atoms with Crippen LogP contribution in [-0.2, 0) is 9.47 Å². The van der Waals surface area contributed by atoms with Gasteiger partial charge >= 0.3 is 0 Å². The van der Waals surface area contributed by atoms with Gasteiger partial charge in [0, 0.05) is 25.9 Å². The Labute approximate surface area is 160 Å². The van der Waals surface area contributed by atoms with Crippen molar-refractivity contribution in [3.63, 3.8) is 0 Å². The summed E-state index contributed by atoms with van der Waals surface area (Å²) in [6, 6.07) is 10.1. The lowest BCUT2D eigenvalue weighted by atomic mass is 10.2. The molecule has 26 heavy (non-hydrogen) atoms. The average molecular weight is 361 g/mol. The fourth-order valence-corrected chi connectivity index (χ4v) is 2.20. The lowest BCUT2D eigenvalue weighted by molar-refractivity contribution is 0.194. The molecular formula is C22H36N2O2. The zero-order valence-electron chi connectivity index (χ0n) is 17.1. The summed E-state index contributed by atoms with van der Waals surface area (Å²) in [5.74, 6) is 0.811.